The molecule has 2 bridgehead atoms. The smallest absolute Gasteiger partial charge is 0.000990 e. The van der Waals surface area contributed by atoms with Crippen molar-refractivity contribution in [3.05, 3.63) is 0 Å². The summed E-state index contributed by atoms with van der Waals surface area (Å²) in [7, 11) is 0. The SMILES string of the molecule is CC1CN2CCC1C(C)C2. The molecule has 0 saturated carbocycles. The second-order valence-corrected chi connectivity index (χ2v) is 4.17. The summed E-state index contributed by atoms with van der Waals surface area (Å²) in [5, 5.41) is 0. The van der Waals surface area contributed by atoms with Crippen molar-refractivity contribution in [1.29, 1.82) is 0 Å². The zero-order chi connectivity index (χ0) is 7.14. The van der Waals surface area contributed by atoms with Gasteiger partial charge in [-0.1, -0.05) is 13.8 Å². The number of hydrogen-bond acceptors (Lipinski definition) is 1. The second-order valence-electron chi connectivity index (χ2n) is 4.17. The van der Waals surface area contributed by atoms with Gasteiger partial charge in [0.1, 0.15) is 0 Å². The van der Waals surface area contributed by atoms with E-state index in [1.54, 1.807) is 0 Å². The molecule has 2 atom stereocenters. The first-order valence-electron chi connectivity index (χ1n) is 4.49. The molecule has 0 aromatic carbocycles. The highest BCUT2D eigenvalue weighted by atomic mass is 15.2. The number of rotatable bonds is 0. The van der Waals surface area contributed by atoms with Gasteiger partial charge in [-0.25, -0.2) is 0 Å². The van der Waals surface area contributed by atoms with E-state index in [-0.39, 0.29) is 0 Å². The lowest BCUT2D eigenvalue weighted by atomic mass is 9.74. The normalized spacial score (nSPS) is 53.4. The minimum absolute atomic E-state index is 0.970. The third-order valence-electron chi connectivity index (χ3n) is 3.33. The zero-order valence-electron chi connectivity index (χ0n) is 7.01. The van der Waals surface area contributed by atoms with E-state index < -0.39 is 0 Å². The van der Waals surface area contributed by atoms with Crippen LogP contribution in [0.25, 0.3) is 0 Å². The summed E-state index contributed by atoms with van der Waals surface area (Å²) in [5.41, 5.74) is 0. The number of fused-ring (bicyclic) bond motifs is 3. The van der Waals surface area contributed by atoms with Crippen LogP contribution in [0.4, 0.5) is 0 Å². The van der Waals surface area contributed by atoms with E-state index in [0.717, 1.165) is 17.8 Å². The predicted molar refractivity (Wildman–Crippen MR) is 42.9 cm³/mol. The number of hydrogen-bond donors (Lipinski definition) is 0. The third kappa shape index (κ3) is 0.878. The van der Waals surface area contributed by atoms with Crippen molar-refractivity contribution < 1.29 is 0 Å². The van der Waals surface area contributed by atoms with Crippen molar-refractivity contribution in [2.24, 2.45) is 17.8 Å². The molecule has 3 saturated heterocycles. The second kappa shape index (κ2) is 2.23. The summed E-state index contributed by atoms with van der Waals surface area (Å²) in [4.78, 5) is 2.62. The molecule has 3 fully saturated rings. The van der Waals surface area contributed by atoms with E-state index in [4.69, 9.17) is 0 Å². The largest absolute Gasteiger partial charge is 0.303 e. The lowest BCUT2D eigenvalue weighted by molar-refractivity contribution is 0.0142. The standard InChI is InChI=1S/C9H17N/c1-7-5-10-4-3-9(7)8(2)6-10/h7-9H,3-6H2,1-2H3. The first kappa shape index (κ1) is 6.66. The fourth-order valence-corrected chi connectivity index (χ4v) is 2.80. The molecule has 0 spiro atoms. The Kier molecular flexibility index (Phi) is 1.48. The van der Waals surface area contributed by atoms with Gasteiger partial charge in [-0.3, -0.25) is 0 Å². The highest BCUT2D eigenvalue weighted by Gasteiger charge is 2.35. The molecule has 3 aliphatic rings. The molecule has 2 unspecified atom stereocenters. The molecule has 0 N–H and O–H groups in total. The number of piperidine rings is 3. The van der Waals surface area contributed by atoms with Crippen LogP contribution in [0.15, 0.2) is 0 Å². The maximum atomic E-state index is 2.62. The molecule has 0 radical (unpaired) electrons. The Bertz CT molecular complexity index is 121. The van der Waals surface area contributed by atoms with Gasteiger partial charge < -0.3 is 4.90 Å². The molecule has 0 aromatic heterocycles. The van der Waals surface area contributed by atoms with E-state index in [2.05, 4.69) is 18.7 Å². The van der Waals surface area contributed by atoms with Crippen LogP contribution in [0.5, 0.6) is 0 Å². The van der Waals surface area contributed by atoms with Crippen LogP contribution < -0.4 is 0 Å². The Morgan fingerprint density at radius 2 is 1.70 bits per heavy atom. The monoisotopic (exact) mass is 139 g/mol. The molecule has 3 heterocycles. The first-order valence-corrected chi connectivity index (χ1v) is 4.49. The molecule has 0 aliphatic carbocycles. The molecular formula is C9H17N. The van der Waals surface area contributed by atoms with Crippen molar-refractivity contribution in [1.82, 2.24) is 4.90 Å². The highest BCUT2D eigenvalue weighted by Crippen LogP contribution is 2.35. The van der Waals surface area contributed by atoms with Gasteiger partial charge in [0, 0.05) is 13.1 Å². The Hall–Kier alpha value is -0.0400. The van der Waals surface area contributed by atoms with Crippen LogP contribution in [0.1, 0.15) is 20.3 Å². The molecule has 0 aromatic rings. The topological polar surface area (TPSA) is 3.24 Å². The third-order valence-corrected chi connectivity index (χ3v) is 3.33. The molecule has 1 heteroatoms. The first-order chi connectivity index (χ1) is 4.77. The Labute approximate surface area is 63.4 Å². The van der Waals surface area contributed by atoms with Gasteiger partial charge in [0.25, 0.3) is 0 Å². The van der Waals surface area contributed by atoms with E-state index in [9.17, 15) is 0 Å². The predicted octanol–water partition coefficient (Wildman–Crippen LogP) is 1.59. The van der Waals surface area contributed by atoms with Gasteiger partial charge in [-0.2, -0.15) is 0 Å². The van der Waals surface area contributed by atoms with Crippen molar-refractivity contribution in [2.45, 2.75) is 20.3 Å². The summed E-state index contributed by atoms with van der Waals surface area (Å²) in [6.45, 7) is 8.93. The van der Waals surface area contributed by atoms with Gasteiger partial charge in [0.15, 0.2) is 0 Å². The van der Waals surface area contributed by atoms with Crippen molar-refractivity contribution in [2.75, 3.05) is 19.6 Å². The average Bonchev–Trinajstić information content (AvgIpc) is 1.86. The van der Waals surface area contributed by atoms with Crippen LogP contribution in [0, 0.1) is 17.8 Å². The van der Waals surface area contributed by atoms with Crippen LogP contribution in [0.2, 0.25) is 0 Å². The lowest BCUT2D eigenvalue weighted by Gasteiger charge is -2.47. The fraction of sp³-hybridized carbons (Fsp3) is 1.00. The van der Waals surface area contributed by atoms with Gasteiger partial charge in [0.05, 0.1) is 0 Å². The Morgan fingerprint density at radius 1 is 1.10 bits per heavy atom. The molecule has 10 heavy (non-hydrogen) atoms. The minimum atomic E-state index is 0.970. The van der Waals surface area contributed by atoms with Crippen LogP contribution in [-0.2, 0) is 0 Å². The maximum Gasteiger partial charge on any atom is 0.000990 e. The van der Waals surface area contributed by atoms with E-state index >= 15 is 0 Å². The minimum Gasteiger partial charge on any atom is -0.303 e. The van der Waals surface area contributed by atoms with Crippen molar-refractivity contribution in [3.63, 3.8) is 0 Å². The summed E-state index contributed by atoms with van der Waals surface area (Å²) in [6, 6.07) is 0. The molecular weight excluding hydrogens is 122 g/mol. The van der Waals surface area contributed by atoms with E-state index in [0.29, 0.717) is 0 Å². The molecule has 3 aliphatic heterocycles. The zero-order valence-corrected chi connectivity index (χ0v) is 7.01. The highest BCUT2D eigenvalue weighted by molar-refractivity contribution is 4.88. The molecule has 58 valence electrons. The quantitative estimate of drug-likeness (QED) is 0.492. The molecule has 0 amide bonds. The molecule has 1 nitrogen and oxygen atoms in total. The van der Waals surface area contributed by atoms with Crippen LogP contribution in [-0.4, -0.2) is 24.5 Å². The average molecular weight is 139 g/mol. The van der Waals surface area contributed by atoms with Crippen LogP contribution >= 0.6 is 0 Å². The van der Waals surface area contributed by atoms with Crippen molar-refractivity contribution >= 4 is 0 Å². The maximum absolute atomic E-state index is 2.62. The Balaban J connectivity index is 2.11. The van der Waals surface area contributed by atoms with E-state index in [1.165, 1.54) is 26.1 Å². The van der Waals surface area contributed by atoms with Crippen molar-refractivity contribution in [3.8, 4) is 0 Å². The Morgan fingerprint density at radius 3 is 2.00 bits per heavy atom. The summed E-state index contributed by atoms with van der Waals surface area (Å²) in [6.07, 6.45) is 1.46. The van der Waals surface area contributed by atoms with Gasteiger partial charge >= 0.3 is 0 Å². The lowest BCUT2D eigenvalue weighted by Crippen LogP contribution is -2.50. The van der Waals surface area contributed by atoms with Gasteiger partial charge in [-0.05, 0) is 30.7 Å². The van der Waals surface area contributed by atoms with Gasteiger partial charge in [-0.15, -0.1) is 0 Å². The summed E-state index contributed by atoms with van der Waals surface area (Å²) in [5.74, 6) is 2.99. The molecule has 3 rings (SSSR count). The van der Waals surface area contributed by atoms with E-state index in [1.807, 2.05) is 0 Å². The number of nitrogens with zero attached hydrogens (tertiary/aromatic N) is 1. The summed E-state index contributed by atoms with van der Waals surface area (Å²) >= 11 is 0. The summed E-state index contributed by atoms with van der Waals surface area (Å²) < 4.78 is 0. The van der Waals surface area contributed by atoms with Gasteiger partial charge in [0.2, 0.25) is 0 Å². The van der Waals surface area contributed by atoms with Crippen LogP contribution in [0.3, 0.4) is 0 Å². The fourth-order valence-electron chi connectivity index (χ4n) is 2.80.